The van der Waals surface area contributed by atoms with Crippen molar-refractivity contribution in [1.82, 2.24) is 10.0 Å². The van der Waals surface area contributed by atoms with Crippen molar-refractivity contribution >= 4 is 28.0 Å². The van der Waals surface area contributed by atoms with E-state index in [1.807, 2.05) is 13.0 Å². The summed E-state index contributed by atoms with van der Waals surface area (Å²) in [5, 5.41) is 20.9. The molecule has 7 nitrogen and oxygen atoms in total. The van der Waals surface area contributed by atoms with Gasteiger partial charge in [-0.3, -0.25) is 4.79 Å². The molecule has 2 aromatic rings. The molecule has 2 N–H and O–H groups in total. The molecular formula is C26H28N4O3S. The minimum Gasteiger partial charge on any atom is -0.320 e. The molecule has 0 unspecified atom stereocenters. The van der Waals surface area contributed by atoms with Crippen molar-refractivity contribution in [3.63, 3.8) is 0 Å². The van der Waals surface area contributed by atoms with Crippen molar-refractivity contribution in [3.8, 4) is 12.1 Å². The molecule has 0 saturated heterocycles. The number of nitriles is 2. The number of ketones is 1. The number of hydrogen-bond acceptors (Lipinski definition) is 6. The van der Waals surface area contributed by atoms with Gasteiger partial charge in [-0.2, -0.15) is 10.5 Å². The summed E-state index contributed by atoms with van der Waals surface area (Å²) in [5.74, 6) is -0.317. The lowest BCUT2D eigenvalue weighted by molar-refractivity contribution is -0.112. The van der Waals surface area contributed by atoms with Gasteiger partial charge in [0.25, 0.3) is 0 Å². The maximum atomic E-state index is 13.4. The van der Waals surface area contributed by atoms with E-state index in [9.17, 15) is 13.2 Å². The standard InChI is InChI=1S/C26H28N4O3S/c1-3-24(15-20-5-9-22(17-27)10-6-20)26(31)25(16-21-7-11-23(18-28)12-8-21)19-30-34(32,33)14-4-13-29-2/h5-12,15-16,29-30H,3-4,13-14,19H2,1-2H3/b24-15+,25-16+. The molecule has 0 atom stereocenters. The predicted octanol–water partition coefficient (Wildman–Crippen LogP) is 3.40. The number of carbonyl (C=O) groups excluding carboxylic acids is 1. The summed E-state index contributed by atoms with van der Waals surface area (Å²) in [6.45, 7) is 2.28. The van der Waals surface area contributed by atoms with Crippen LogP contribution in [-0.4, -0.2) is 40.1 Å². The van der Waals surface area contributed by atoms with Gasteiger partial charge in [-0.1, -0.05) is 31.2 Å². The SMILES string of the molecule is CC/C(=C\c1ccc(C#N)cc1)C(=O)/C(=C/c1ccc(C#N)cc1)CNS(=O)(=O)CCCNC. The number of allylic oxidation sites excluding steroid dienone is 1. The molecule has 2 aromatic carbocycles. The third-order valence-corrected chi connectivity index (χ3v) is 6.46. The lowest BCUT2D eigenvalue weighted by Crippen LogP contribution is -2.31. The molecule has 0 aliphatic heterocycles. The van der Waals surface area contributed by atoms with Crippen LogP contribution in [0.3, 0.4) is 0 Å². The van der Waals surface area contributed by atoms with E-state index in [4.69, 9.17) is 10.5 Å². The van der Waals surface area contributed by atoms with Crippen LogP contribution in [0.25, 0.3) is 12.2 Å². The highest BCUT2D eigenvalue weighted by molar-refractivity contribution is 7.89. The van der Waals surface area contributed by atoms with Crippen LogP contribution in [-0.2, 0) is 14.8 Å². The quantitative estimate of drug-likeness (QED) is 0.357. The molecular weight excluding hydrogens is 448 g/mol. The van der Waals surface area contributed by atoms with E-state index in [1.54, 1.807) is 67.7 Å². The number of carbonyl (C=O) groups is 1. The number of nitrogens with zero attached hydrogens (tertiary/aromatic N) is 2. The van der Waals surface area contributed by atoms with Gasteiger partial charge in [0.05, 0.1) is 29.0 Å². The molecule has 2 rings (SSSR count). The first kappa shape index (κ1) is 26.7. The van der Waals surface area contributed by atoms with Crippen molar-refractivity contribution in [3.05, 3.63) is 81.9 Å². The predicted molar refractivity (Wildman–Crippen MR) is 134 cm³/mol. The zero-order valence-electron chi connectivity index (χ0n) is 19.3. The second-order valence-electron chi connectivity index (χ2n) is 7.59. The minimum absolute atomic E-state index is 0.0477. The van der Waals surface area contributed by atoms with Crippen LogP contribution in [0.4, 0.5) is 0 Å². The Morgan fingerprint density at radius 2 is 1.41 bits per heavy atom. The highest BCUT2D eigenvalue weighted by Crippen LogP contribution is 2.18. The molecule has 8 heteroatoms. The van der Waals surface area contributed by atoms with Crippen molar-refractivity contribution in [2.75, 3.05) is 25.9 Å². The third kappa shape index (κ3) is 8.42. The zero-order chi connectivity index (χ0) is 25.0. The highest BCUT2D eigenvalue weighted by atomic mass is 32.2. The molecule has 0 fully saturated rings. The number of rotatable bonds is 12. The van der Waals surface area contributed by atoms with Crippen LogP contribution in [0, 0.1) is 22.7 Å². The number of Topliss-reactive ketones (excluding diaryl/α,β-unsaturated/α-hetero) is 1. The van der Waals surface area contributed by atoms with Crippen LogP contribution in [0.2, 0.25) is 0 Å². The van der Waals surface area contributed by atoms with Crippen molar-refractivity contribution in [2.24, 2.45) is 0 Å². The number of nitrogens with one attached hydrogen (secondary N) is 2. The zero-order valence-corrected chi connectivity index (χ0v) is 20.2. The number of hydrogen-bond donors (Lipinski definition) is 2. The maximum Gasteiger partial charge on any atom is 0.211 e. The first-order valence-electron chi connectivity index (χ1n) is 10.9. The van der Waals surface area contributed by atoms with Crippen LogP contribution in [0.5, 0.6) is 0 Å². The van der Waals surface area contributed by atoms with Gasteiger partial charge in [-0.25, -0.2) is 13.1 Å². The average Bonchev–Trinajstić information content (AvgIpc) is 2.85. The highest BCUT2D eigenvalue weighted by Gasteiger charge is 2.18. The summed E-state index contributed by atoms with van der Waals surface area (Å²) in [4.78, 5) is 13.4. The van der Waals surface area contributed by atoms with E-state index in [-0.39, 0.29) is 18.1 Å². The van der Waals surface area contributed by atoms with Crippen molar-refractivity contribution in [2.45, 2.75) is 19.8 Å². The fourth-order valence-electron chi connectivity index (χ4n) is 3.14. The summed E-state index contributed by atoms with van der Waals surface area (Å²) in [7, 11) is -1.81. The molecule has 0 bridgehead atoms. The fraction of sp³-hybridized carbons (Fsp3) is 0.269. The maximum absolute atomic E-state index is 13.4. The lowest BCUT2D eigenvalue weighted by atomic mass is 9.97. The Kier molecular flexibility index (Phi) is 10.4. The first-order valence-corrected chi connectivity index (χ1v) is 12.5. The first-order chi connectivity index (χ1) is 16.3. The van der Waals surface area contributed by atoms with E-state index in [2.05, 4.69) is 16.1 Å². The molecule has 0 aliphatic carbocycles. The Bertz CT molecular complexity index is 1230. The molecule has 0 radical (unpaired) electrons. The number of sulfonamides is 1. The molecule has 0 saturated carbocycles. The van der Waals surface area contributed by atoms with Crippen LogP contribution in [0.1, 0.15) is 42.0 Å². The topological polar surface area (TPSA) is 123 Å². The summed E-state index contributed by atoms with van der Waals surface area (Å²) in [6.07, 6.45) is 4.28. The van der Waals surface area contributed by atoms with E-state index in [1.165, 1.54) is 0 Å². The molecule has 0 amide bonds. The van der Waals surface area contributed by atoms with Gasteiger partial charge >= 0.3 is 0 Å². The summed E-state index contributed by atoms with van der Waals surface area (Å²) < 4.78 is 27.3. The lowest BCUT2D eigenvalue weighted by Gasteiger charge is -2.12. The number of benzene rings is 2. The van der Waals surface area contributed by atoms with Crippen LogP contribution in [0.15, 0.2) is 59.7 Å². The summed E-state index contributed by atoms with van der Waals surface area (Å²) >= 11 is 0. The smallest absolute Gasteiger partial charge is 0.211 e. The van der Waals surface area contributed by atoms with Crippen LogP contribution < -0.4 is 10.0 Å². The van der Waals surface area contributed by atoms with Crippen LogP contribution >= 0.6 is 0 Å². The Labute approximate surface area is 201 Å². The normalized spacial score (nSPS) is 12.1. The largest absolute Gasteiger partial charge is 0.320 e. The van der Waals surface area contributed by atoms with Gasteiger partial charge in [0.2, 0.25) is 10.0 Å². The second-order valence-corrected chi connectivity index (χ2v) is 9.51. The summed E-state index contributed by atoms with van der Waals surface area (Å²) in [5.41, 5.74) is 3.28. The van der Waals surface area contributed by atoms with E-state index >= 15 is 0 Å². The van der Waals surface area contributed by atoms with Gasteiger partial charge in [-0.05, 0) is 74.0 Å². The van der Waals surface area contributed by atoms with Gasteiger partial charge in [0, 0.05) is 17.7 Å². The third-order valence-electron chi connectivity index (χ3n) is 5.05. The minimum atomic E-state index is -3.56. The second kappa shape index (κ2) is 13.2. The Hall–Kier alpha value is -3.56. The van der Waals surface area contributed by atoms with E-state index in [0.29, 0.717) is 47.2 Å². The van der Waals surface area contributed by atoms with Crippen molar-refractivity contribution in [1.29, 1.82) is 10.5 Å². The molecule has 0 heterocycles. The van der Waals surface area contributed by atoms with E-state index in [0.717, 1.165) is 5.56 Å². The Morgan fingerprint density at radius 3 is 1.85 bits per heavy atom. The fourth-order valence-corrected chi connectivity index (χ4v) is 4.18. The Morgan fingerprint density at radius 1 is 0.912 bits per heavy atom. The molecule has 176 valence electrons. The van der Waals surface area contributed by atoms with Gasteiger partial charge in [0.15, 0.2) is 5.78 Å². The molecule has 0 aliphatic rings. The monoisotopic (exact) mass is 476 g/mol. The van der Waals surface area contributed by atoms with Gasteiger partial charge < -0.3 is 5.32 Å². The average molecular weight is 477 g/mol. The van der Waals surface area contributed by atoms with Gasteiger partial charge in [-0.15, -0.1) is 0 Å². The molecule has 34 heavy (non-hydrogen) atoms. The van der Waals surface area contributed by atoms with Gasteiger partial charge in [0.1, 0.15) is 0 Å². The van der Waals surface area contributed by atoms with Crippen molar-refractivity contribution < 1.29 is 13.2 Å². The molecule has 0 spiro atoms. The van der Waals surface area contributed by atoms with E-state index < -0.39 is 10.0 Å². The Balaban J connectivity index is 2.36. The summed E-state index contributed by atoms with van der Waals surface area (Å²) in [6, 6.07) is 17.7. The molecule has 0 aromatic heterocycles.